The fourth-order valence-corrected chi connectivity index (χ4v) is 1.17. The van der Waals surface area contributed by atoms with E-state index in [4.69, 9.17) is 16.7 Å². The lowest BCUT2D eigenvalue weighted by molar-refractivity contribution is 0.0699. The van der Waals surface area contributed by atoms with Crippen molar-refractivity contribution in [2.45, 2.75) is 0 Å². The van der Waals surface area contributed by atoms with Gasteiger partial charge in [0.2, 0.25) is 0 Å². The predicted octanol–water partition coefficient (Wildman–Crippen LogP) is 1.31. The fraction of sp³-hybridized carbons (Fsp3) is 0. The van der Waals surface area contributed by atoms with Gasteiger partial charge < -0.3 is 10.1 Å². The van der Waals surface area contributed by atoms with Crippen molar-refractivity contribution in [3.05, 3.63) is 23.1 Å². The molecule has 0 aliphatic heterocycles. The van der Waals surface area contributed by atoms with Crippen LogP contribution in [-0.4, -0.2) is 26.0 Å². The Balaban J connectivity index is 2.79. The summed E-state index contributed by atoms with van der Waals surface area (Å²) in [5.41, 5.74) is 0.770. The van der Waals surface area contributed by atoms with Crippen LogP contribution in [0.2, 0.25) is 5.15 Å². The van der Waals surface area contributed by atoms with Gasteiger partial charge in [0.25, 0.3) is 0 Å². The Kier molecular flexibility index (Phi) is 1.66. The second-order valence-electron chi connectivity index (χ2n) is 2.40. The third kappa shape index (κ3) is 1.23. The average molecular weight is 198 g/mol. The topological polar surface area (TPSA) is 78.9 Å². The standard InChI is InChI=1S/C7H4ClN3O2/c8-4-2-10-6-5(11-4)3(1-9-6)7(12)13/h1-2H,(H,9,10)(H,12,13). The summed E-state index contributed by atoms with van der Waals surface area (Å²) >= 11 is 5.57. The summed E-state index contributed by atoms with van der Waals surface area (Å²) < 4.78 is 0. The van der Waals surface area contributed by atoms with E-state index in [0.717, 1.165) is 0 Å². The zero-order valence-electron chi connectivity index (χ0n) is 6.28. The Morgan fingerprint density at radius 1 is 1.62 bits per heavy atom. The minimum absolute atomic E-state index is 0.0741. The summed E-state index contributed by atoms with van der Waals surface area (Å²) in [7, 11) is 0. The molecule has 2 aromatic rings. The molecule has 0 atom stereocenters. The number of rotatable bonds is 1. The van der Waals surface area contributed by atoms with Gasteiger partial charge in [-0.25, -0.2) is 14.8 Å². The number of hydrogen-bond donors (Lipinski definition) is 2. The molecular formula is C7H4ClN3O2. The highest BCUT2D eigenvalue weighted by Crippen LogP contribution is 2.15. The van der Waals surface area contributed by atoms with Crippen molar-refractivity contribution < 1.29 is 9.90 Å². The van der Waals surface area contributed by atoms with Gasteiger partial charge in [-0.1, -0.05) is 11.6 Å². The number of carboxylic acid groups (broad SMARTS) is 1. The third-order valence-corrected chi connectivity index (χ3v) is 1.76. The monoisotopic (exact) mass is 197 g/mol. The first-order valence-corrected chi connectivity index (χ1v) is 3.79. The molecule has 6 heteroatoms. The van der Waals surface area contributed by atoms with Gasteiger partial charge >= 0.3 is 5.97 Å². The molecule has 0 aromatic carbocycles. The number of aromatic carboxylic acids is 1. The van der Waals surface area contributed by atoms with Crippen LogP contribution in [0, 0.1) is 0 Å². The van der Waals surface area contributed by atoms with Gasteiger partial charge in [0.1, 0.15) is 16.2 Å². The number of fused-ring (bicyclic) bond motifs is 1. The van der Waals surface area contributed by atoms with Crippen LogP contribution in [0.5, 0.6) is 0 Å². The first kappa shape index (κ1) is 8.00. The maximum absolute atomic E-state index is 10.7. The van der Waals surface area contributed by atoms with Crippen molar-refractivity contribution in [3.63, 3.8) is 0 Å². The number of carboxylic acids is 1. The summed E-state index contributed by atoms with van der Waals surface area (Å²) in [4.78, 5) is 21.1. The number of nitrogens with one attached hydrogen (secondary N) is 1. The summed E-state index contributed by atoms with van der Waals surface area (Å²) in [6, 6.07) is 0. The van der Waals surface area contributed by atoms with Crippen LogP contribution in [0.25, 0.3) is 11.2 Å². The van der Waals surface area contributed by atoms with Crippen LogP contribution in [0.3, 0.4) is 0 Å². The molecule has 0 bridgehead atoms. The second kappa shape index (κ2) is 2.70. The van der Waals surface area contributed by atoms with E-state index >= 15 is 0 Å². The molecule has 2 aromatic heterocycles. The number of halogens is 1. The summed E-state index contributed by atoms with van der Waals surface area (Å²) in [6.45, 7) is 0. The summed E-state index contributed by atoms with van der Waals surface area (Å²) in [6.07, 6.45) is 2.69. The van der Waals surface area contributed by atoms with Gasteiger partial charge in [-0.2, -0.15) is 0 Å². The van der Waals surface area contributed by atoms with Crippen molar-refractivity contribution in [2.24, 2.45) is 0 Å². The molecule has 0 fully saturated rings. The molecule has 0 saturated carbocycles. The van der Waals surface area contributed by atoms with Crippen molar-refractivity contribution in [1.82, 2.24) is 15.0 Å². The van der Waals surface area contributed by atoms with Crippen molar-refractivity contribution >= 4 is 28.7 Å². The van der Waals surface area contributed by atoms with E-state index in [9.17, 15) is 4.79 Å². The van der Waals surface area contributed by atoms with Gasteiger partial charge in [0.15, 0.2) is 5.65 Å². The molecule has 0 aliphatic rings. The highest BCUT2D eigenvalue weighted by molar-refractivity contribution is 6.29. The number of aromatic amines is 1. The highest BCUT2D eigenvalue weighted by Gasteiger charge is 2.12. The minimum Gasteiger partial charge on any atom is -0.478 e. The number of H-pyrrole nitrogens is 1. The van der Waals surface area contributed by atoms with Crippen LogP contribution in [0.15, 0.2) is 12.4 Å². The highest BCUT2D eigenvalue weighted by atomic mass is 35.5. The summed E-state index contributed by atoms with van der Waals surface area (Å²) in [5.74, 6) is -1.05. The lowest BCUT2D eigenvalue weighted by atomic mass is 10.3. The van der Waals surface area contributed by atoms with E-state index in [2.05, 4.69) is 15.0 Å². The molecule has 13 heavy (non-hydrogen) atoms. The van der Waals surface area contributed by atoms with Crippen LogP contribution >= 0.6 is 11.6 Å². The van der Waals surface area contributed by atoms with Gasteiger partial charge in [-0.15, -0.1) is 0 Å². The van der Waals surface area contributed by atoms with E-state index in [-0.39, 0.29) is 16.2 Å². The second-order valence-corrected chi connectivity index (χ2v) is 2.78. The molecule has 0 spiro atoms. The number of aromatic nitrogens is 3. The Morgan fingerprint density at radius 3 is 3.08 bits per heavy atom. The van der Waals surface area contributed by atoms with Gasteiger partial charge in [-0.05, 0) is 0 Å². The number of hydrogen-bond acceptors (Lipinski definition) is 3. The predicted molar refractivity (Wildman–Crippen MR) is 45.9 cm³/mol. The van der Waals surface area contributed by atoms with E-state index in [1.54, 1.807) is 0 Å². The molecule has 0 unspecified atom stereocenters. The van der Waals surface area contributed by atoms with E-state index in [0.29, 0.717) is 5.65 Å². The minimum atomic E-state index is -1.05. The first-order valence-electron chi connectivity index (χ1n) is 3.41. The van der Waals surface area contributed by atoms with Crippen molar-refractivity contribution in [1.29, 1.82) is 0 Å². The molecule has 0 radical (unpaired) electrons. The molecule has 2 heterocycles. The number of carbonyl (C=O) groups is 1. The largest absolute Gasteiger partial charge is 0.478 e. The zero-order chi connectivity index (χ0) is 9.42. The maximum Gasteiger partial charge on any atom is 0.339 e. The van der Waals surface area contributed by atoms with E-state index in [1.807, 2.05) is 0 Å². The van der Waals surface area contributed by atoms with Crippen LogP contribution in [-0.2, 0) is 0 Å². The SMILES string of the molecule is O=C(O)c1c[nH]c2ncc(Cl)nc12. The molecule has 5 nitrogen and oxygen atoms in total. The Labute approximate surface area is 77.4 Å². The smallest absolute Gasteiger partial charge is 0.339 e. The Hall–Kier alpha value is -1.62. The quantitative estimate of drug-likeness (QED) is 0.723. The molecule has 0 saturated heterocycles. The van der Waals surface area contributed by atoms with Gasteiger partial charge in [0.05, 0.1) is 6.20 Å². The van der Waals surface area contributed by atoms with Crippen LogP contribution in [0.4, 0.5) is 0 Å². The Bertz CT molecular complexity index is 480. The van der Waals surface area contributed by atoms with Crippen LogP contribution in [0.1, 0.15) is 10.4 Å². The molecule has 0 aliphatic carbocycles. The molecular weight excluding hydrogens is 194 g/mol. The first-order chi connectivity index (χ1) is 6.18. The van der Waals surface area contributed by atoms with Crippen molar-refractivity contribution in [2.75, 3.05) is 0 Å². The molecule has 66 valence electrons. The third-order valence-electron chi connectivity index (χ3n) is 1.58. The lowest BCUT2D eigenvalue weighted by Gasteiger charge is -1.91. The zero-order valence-corrected chi connectivity index (χ0v) is 7.04. The molecule has 2 rings (SSSR count). The van der Waals surface area contributed by atoms with E-state index < -0.39 is 5.97 Å². The van der Waals surface area contributed by atoms with Gasteiger partial charge in [0, 0.05) is 6.20 Å². The summed E-state index contributed by atoms with van der Waals surface area (Å²) in [5, 5.41) is 8.91. The van der Waals surface area contributed by atoms with Crippen molar-refractivity contribution in [3.8, 4) is 0 Å². The molecule has 0 amide bonds. The van der Waals surface area contributed by atoms with E-state index in [1.165, 1.54) is 12.4 Å². The average Bonchev–Trinajstić information content (AvgIpc) is 2.46. The maximum atomic E-state index is 10.7. The normalized spacial score (nSPS) is 10.5. The van der Waals surface area contributed by atoms with Gasteiger partial charge in [-0.3, -0.25) is 0 Å². The number of nitrogens with zero attached hydrogens (tertiary/aromatic N) is 2. The van der Waals surface area contributed by atoms with Crippen LogP contribution < -0.4 is 0 Å². The lowest BCUT2D eigenvalue weighted by Crippen LogP contribution is -1.95. The fourth-order valence-electron chi connectivity index (χ4n) is 1.03. The molecule has 2 N–H and O–H groups in total. The Morgan fingerprint density at radius 2 is 2.38 bits per heavy atom.